The molecule has 3 aromatic rings. The number of benzene rings is 2. The molecule has 8 nitrogen and oxygen atoms in total. The molecule has 0 aliphatic carbocycles. The molecule has 2 aromatic carbocycles. The molecular formula is C17H15ClN4O4S2. The summed E-state index contributed by atoms with van der Waals surface area (Å²) in [6.07, 6.45) is 1.07. The van der Waals surface area contributed by atoms with Gasteiger partial charge in [-0.1, -0.05) is 35.5 Å². The standard InChI is InChI=1S/C17H15ClN4O4S2/c1-28(24,25)22-12-8-6-11(7-9-12)16-20-21-17(26-16)27-10-15(23)19-14-5-3-2-4-13(14)18/h2-9,22H,10H2,1H3,(H,19,23). The third-order valence-corrected chi connectivity index (χ3v) is 5.07. The molecule has 0 spiro atoms. The highest BCUT2D eigenvalue weighted by Crippen LogP contribution is 2.25. The van der Waals surface area contributed by atoms with Crippen molar-refractivity contribution in [3.05, 3.63) is 53.6 Å². The second-order valence-electron chi connectivity index (χ2n) is 5.64. The number of hydrogen-bond donors (Lipinski definition) is 2. The largest absolute Gasteiger partial charge is 0.411 e. The van der Waals surface area contributed by atoms with Gasteiger partial charge in [-0.15, -0.1) is 10.2 Å². The fourth-order valence-corrected chi connectivity index (χ4v) is 3.47. The molecule has 1 aromatic heterocycles. The van der Waals surface area contributed by atoms with E-state index in [4.69, 9.17) is 16.0 Å². The number of anilines is 2. The van der Waals surface area contributed by atoms with Gasteiger partial charge in [0.05, 0.1) is 22.7 Å². The summed E-state index contributed by atoms with van der Waals surface area (Å²) in [6.45, 7) is 0. The third kappa shape index (κ3) is 5.72. The van der Waals surface area contributed by atoms with E-state index in [1.54, 1.807) is 48.5 Å². The molecule has 0 saturated heterocycles. The van der Waals surface area contributed by atoms with Crippen LogP contribution in [0.1, 0.15) is 0 Å². The van der Waals surface area contributed by atoms with Crippen LogP contribution in [0.15, 0.2) is 58.2 Å². The maximum absolute atomic E-state index is 12.0. The van der Waals surface area contributed by atoms with Crippen molar-refractivity contribution in [3.8, 4) is 11.5 Å². The molecule has 0 aliphatic rings. The molecule has 0 radical (unpaired) electrons. The van der Waals surface area contributed by atoms with E-state index < -0.39 is 10.0 Å². The third-order valence-electron chi connectivity index (χ3n) is 3.32. The number of halogens is 1. The topological polar surface area (TPSA) is 114 Å². The molecule has 0 bridgehead atoms. The van der Waals surface area contributed by atoms with E-state index in [1.165, 1.54) is 0 Å². The monoisotopic (exact) mass is 438 g/mol. The maximum Gasteiger partial charge on any atom is 0.277 e. The van der Waals surface area contributed by atoms with Crippen molar-refractivity contribution in [2.75, 3.05) is 22.0 Å². The number of carbonyl (C=O) groups excluding carboxylic acids is 1. The quantitative estimate of drug-likeness (QED) is 0.542. The zero-order chi connectivity index (χ0) is 20.1. The number of hydrogen-bond acceptors (Lipinski definition) is 7. The lowest BCUT2D eigenvalue weighted by Gasteiger charge is -2.05. The van der Waals surface area contributed by atoms with E-state index in [1.807, 2.05) is 0 Å². The van der Waals surface area contributed by atoms with Crippen molar-refractivity contribution in [1.29, 1.82) is 0 Å². The number of nitrogens with one attached hydrogen (secondary N) is 2. The first-order chi connectivity index (χ1) is 13.3. The van der Waals surface area contributed by atoms with Gasteiger partial charge < -0.3 is 9.73 Å². The van der Waals surface area contributed by atoms with Crippen LogP contribution in [0.4, 0.5) is 11.4 Å². The molecule has 3 rings (SSSR count). The van der Waals surface area contributed by atoms with Crippen LogP contribution >= 0.6 is 23.4 Å². The molecule has 1 heterocycles. The summed E-state index contributed by atoms with van der Waals surface area (Å²) in [5.74, 6) is 0.0818. The van der Waals surface area contributed by atoms with Crippen LogP contribution in [-0.4, -0.2) is 36.5 Å². The molecule has 0 saturated carbocycles. The number of carbonyl (C=O) groups is 1. The van der Waals surface area contributed by atoms with Gasteiger partial charge >= 0.3 is 0 Å². The Morgan fingerprint density at radius 2 is 1.86 bits per heavy atom. The van der Waals surface area contributed by atoms with Gasteiger partial charge in [-0.2, -0.15) is 0 Å². The van der Waals surface area contributed by atoms with E-state index in [0.717, 1.165) is 18.0 Å². The van der Waals surface area contributed by atoms with Gasteiger partial charge in [0.25, 0.3) is 5.22 Å². The van der Waals surface area contributed by atoms with Crippen LogP contribution < -0.4 is 10.0 Å². The number of aromatic nitrogens is 2. The smallest absolute Gasteiger partial charge is 0.277 e. The van der Waals surface area contributed by atoms with Gasteiger partial charge in [-0.3, -0.25) is 9.52 Å². The molecule has 11 heteroatoms. The SMILES string of the molecule is CS(=O)(=O)Nc1ccc(-c2nnc(SCC(=O)Nc3ccccc3Cl)o2)cc1. The highest BCUT2D eigenvalue weighted by atomic mass is 35.5. The first kappa shape index (κ1) is 20.2. The average molecular weight is 439 g/mol. The van der Waals surface area contributed by atoms with E-state index >= 15 is 0 Å². The summed E-state index contributed by atoms with van der Waals surface area (Å²) in [5, 5.41) is 11.2. The van der Waals surface area contributed by atoms with Crippen molar-refractivity contribution in [2.24, 2.45) is 0 Å². The number of sulfonamides is 1. The second kappa shape index (κ2) is 8.63. The lowest BCUT2D eigenvalue weighted by molar-refractivity contribution is -0.113. The minimum atomic E-state index is -3.34. The molecule has 0 atom stereocenters. The Labute approximate surface area is 170 Å². The maximum atomic E-state index is 12.0. The van der Waals surface area contributed by atoms with Crippen molar-refractivity contribution in [3.63, 3.8) is 0 Å². The number of para-hydroxylation sites is 1. The summed E-state index contributed by atoms with van der Waals surface area (Å²) in [4.78, 5) is 12.0. The van der Waals surface area contributed by atoms with Gasteiger partial charge in [-0.25, -0.2) is 8.42 Å². The van der Waals surface area contributed by atoms with Crippen LogP contribution in [0.5, 0.6) is 0 Å². The predicted octanol–water partition coefficient (Wildman–Crippen LogP) is 3.49. The number of amides is 1. The average Bonchev–Trinajstić information content (AvgIpc) is 3.10. The Bertz CT molecular complexity index is 1080. The molecule has 0 unspecified atom stereocenters. The predicted molar refractivity (Wildman–Crippen MR) is 109 cm³/mol. The fourth-order valence-electron chi connectivity index (χ4n) is 2.16. The minimum Gasteiger partial charge on any atom is -0.411 e. The van der Waals surface area contributed by atoms with Crippen molar-refractivity contribution in [2.45, 2.75) is 5.22 Å². The van der Waals surface area contributed by atoms with Gasteiger partial charge in [0, 0.05) is 11.3 Å². The Morgan fingerprint density at radius 1 is 1.14 bits per heavy atom. The van der Waals surface area contributed by atoms with Gasteiger partial charge in [0.15, 0.2) is 0 Å². The Balaban J connectivity index is 1.58. The molecule has 1 amide bonds. The lowest BCUT2D eigenvalue weighted by Crippen LogP contribution is -2.14. The second-order valence-corrected chi connectivity index (χ2v) is 8.72. The van der Waals surface area contributed by atoms with Crippen molar-refractivity contribution >= 4 is 50.7 Å². The zero-order valence-corrected chi connectivity index (χ0v) is 16.9. The van der Waals surface area contributed by atoms with Gasteiger partial charge in [-0.05, 0) is 36.4 Å². The summed E-state index contributed by atoms with van der Waals surface area (Å²) in [5.41, 5.74) is 1.58. The van der Waals surface area contributed by atoms with E-state index in [9.17, 15) is 13.2 Å². The Hall–Kier alpha value is -2.56. The lowest BCUT2D eigenvalue weighted by atomic mass is 10.2. The van der Waals surface area contributed by atoms with Crippen molar-refractivity contribution < 1.29 is 17.6 Å². The summed E-state index contributed by atoms with van der Waals surface area (Å²) >= 11 is 7.10. The van der Waals surface area contributed by atoms with Gasteiger partial charge in [0.2, 0.25) is 21.8 Å². The first-order valence-corrected chi connectivity index (χ1v) is 11.1. The molecule has 0 aliphatic heterocycles. The first-order valence-electron chi connectivity index (χ1n) is 7.89. The highest BCUT2D eigenvalue weighted by Gasteiger charge is 2.12. The van der Waals surface area contributed by atoms with E-state index in [0.29, 0.717) is 22.0 Å². The van der Waals surface area contributed by atoms with Crippen LogP contribution in [-0.2, 0) is 14.8 Å². The van der Waals surface area contributed by atoms with Crippen LogP contribution in [0.2, 0.25) is 5.02 Å². The molecular weight excluding hydrogens is 424 g/mol. The summed E-state index contributed by atoms with van der Waals surface area (Å²) in [7, 11) is -3.34. The number of rotatable bonds is 7. The van der Waals surface area contributed by atoms with Gasteiger partial charge in [0.1, 0.15) is 0 Å². The summed E-state index contributed by atoms with van der Waals surface area (Å²) < 4.78 is 30.4. The normalized spacial score (nSPS) is 11.2. The van der Waals surface area contributed by atoms with Crippen LogP contribution in [0, 0.1) is 0 Å². The molecule has 2 N–H and O–H groups in total. The zero-order valence-electron chi connectivity index (χ0n) is 14.5. The highest BCUT2D eigenvalue weighted by molar-refractivity contribution is 7.99. The molecule has 146 valence electrons. The fraction of sp³-hybridized carbons (Fsp3) is 0.118. The van der Waals surface area contributed by atoms with Crippen LogP contribution in [0.25, 0.3) is 11.5 Å². The van der Waals surface area contributed by atoms with E-state index in [-0.39, 0.29) is 22.8 Å². The molecule has 0 fully saturated rings. The van der Waals surface area contributed by atoms with Crippen molar-refractivity contribution in [1.82, 2.24) is 10.2 Å². The van der Waals surface area contributed by atoms with Crippen LogP contribution in [0.3, 0.4) is 0 Å². The molecule has 28 heavy (non-hydrogen) atoms. The Kier molecular flexibility index (Phi) is 6.22. The Morgan fingerprint density at radius 3 is 2.54 bits per heavy atom. The number of thioether (sulfide) groups is 1. The number of nitrogens with zero attached hydrogens (tertiary/aromatic N) is 2. The minimum absolute atomic E-state index is 0.0735. The summed E-state index contributed by atoms with van der Waals surface area (Å²) in [6, 6.07) is 13.4. The van der Waals surface area contributed by atoms with E-state index in [2.05, 4.69) is 20.2 Å².